The van der Waals surface area contributed by atoms with Gasteiger partial charge in [0.15, 0.2) is 0 Å². The summed E-state index contributed by atoms with van der Waals surface area (Å²) in [5, 5.41) is 10.3. The number of aromatic nitrogens is 1. The molecule has 4 heteroatoms. The quantitative estimate of drug-likeness (QED) is 0.814. The molecule has 2 aromatic heterocycles. The highest BCUT2D eigenvalue weighted by Crippen LogP contribution is 2.18. The number of aliphatic hydroxyl groups is 1. The number of furan rings is 1. The Kier molecular flexibility index (Phi) is 3.04. The molecule has 0 amide bonds. The number of pyridine rings is 1. The summed E-state index contributed by atoms with van der Waals surface area (Å²) in [5.41, 5.74) is 1.71. The Balaban J connectivity index is 2.08. The van der Waals surface area contributed by atoms with Crippen molar-refractivity contribution in [3.05, 3.63) is 53.2 Å². The van der Waals surface area contributed by atoms with E-state index < -0.39 is 6.10 Å². The second kappa shape index (κ2) is 4.47. The molecule has 1 N–H and O–H groups in total. The Morgan fingerprint density at radius 1 is 1.40 bits per heavy atom. The third-order valence-corrected chi connectivity index (χ3v) is 2.37. The van der Waals surface area contributed by atoms with Crippen LogP contribution in [0.25, 0.3) is 0 Å². The van der Waals surface area contributed by atoms with Gasteiger partial charge in [-0.1, -0.05) is 17.7 Å². The lowest BCUT2D eigenvalue weighted by Crippen LogP contribution is -2.01. The second-order valence-corrected chi connectivity index (χ2v) is 3.65. The summed E-state index contributed by atoms with van der Waals surface area (Å²) in [5.74, 6) is 0. The van der Waals surface area contributed by atoms with Gasteiger partial charge >= 0.3 is 0 Å². The van der Waals surface area contributed by atoms with Crippen molar-refractivity contribution in [2.45, 2.75) is 12.5 Å². The highest BCUT2D eigenvalue weighted by atomic mass is 35.5. The van der Waals surface area contributed by atoms with Crippen LogP contribution in [0.15, 0.2) is 41.3 Å². The third-order valence-electron chi connectivity index (χ3n) is 2.14. The van der Waals surface area contributed by atoms with Crippen LogP contribution in [-0.4, -0.2) is 10.1 Å². The molecule has 78 valence electrons. The maximum absolute atomic E-state index is 9.86. The summed E-state index contributed by atoms with van der Waals surface area (Å²) >= 11 is 5.65. The maximum atomic E-state index is 9.86. The van der Waals surface area contributed by atoms with Gasteiger partial charge in [-0.15, -0.1) is 0 Å². The predicted octanol–water partition coefficient (Wildman–Crippen LogP) is 2.60. The maximum Gasteiger partial charge on any atom is 0.129 e. The van der Waals surface area contributed by atoms with E-state index in [9.17, 15) is 5.11 Å². The molecule has 1 unspecified atom stereocenters. The van der Waals surface area contributed by atoms with E-state index in [0.29, 0.717) is 11.6 Å². The molecule has 0 fully saturated rings. The van der Waals surface area contributed by atoms with Gasteiger partial charge in [0.25, 0.3) is 0 Å². The lowest BCUT2D eigenvalue weighted by molar-refractivity contribution is 0.178. The molecule has 3 nitrogen and oxygen atoms in total. The van der Waals surface area contributed by atoms with Crippen molar-refractivity contribution in [1.29, 1.82) is 0 Å². The number of hydrogen-bond donors (Lipinski definition) is 1. The summed E-state index contributed by atoms with van der Waals surface area (Å²) in [6.07, 6.45) is 4.72. The van der Waals surface area contributed by atoms with E-state index in [2.05, 4.69) is 4.98 Å². The van der Waals surface area contributed by atoms with Crippen molar-refractivity contribution in [3.63, 3.8) is 0 Å². The van der Waals surface area contributed by atoms with Crippen molar-refractivity contribution in [2.24, 2.45) is 0 Å². The predicted molar refractivity (Wildman–Crippen MR) is 56.6 cm³/mol. The van der Waals surface area contributed by atoms with Crippen molar-refractivity contribution >= 4 is 11.6 Å². The molecule has 2 aromatic rings. The average Bonchev–Trinajstić information content (AvgIpc) is 2.71. The minimum atomic E-state index is -0.577. The first kappa shape index (κ1) is 10.2. The first-order valence-electron chi connectivity index (χ1n) is 4.56. The Hall–Kier alpha value is -1.32. The van der Waals surface area contributed by atoms with Gasteiger partial charge in [0, 0.05) is 12.6 Å². The number of rotatable bonds is 3. The summed E-state index contributed by atoms with van der Waals surface area (Å²) < 4.78 is 4.92. The SMILES string of the molecule is OC(Cc1ccoc1)c1ccc(Cl)nc1. The van der Waals surface area contributed by atoms with E-state index in [1.54, 1.807) is 30.9 Å². The van der Waals surface area contributed by atoms with Gasteiger partial charge in [-0.3, -0.25) is 0 Å². The van der Waals surface area contributed by atoms with E-state index in [0.717, 1.165) is 11.1 Å². The molecule has 0 spiro atoms. The average molecular weight is 224 g/mol. The van der Waals surface area contributed by atoms with Gasteiger partial charge in [-0.05, 0) is 23.3 Å². The minimum Gasteiger partial charge on any atom is -0.472 e. The summed E-state index contributed by atoms with van der Waals surface area (Å²) in [7, 11) is 0. The number of aliphatic hydroxyl groups excluding tert-OH is 1. The lowest BCUT2D eigenvalue weighted by atomic mass is 10.1. The standard InChI is InChI=1S/C11H10ClNO2/c12-11-2-1-9(6-13-11)10(14)5-8-3-4-15-7-8/h1-4,6-7,10,14H,5H2. The first-order chi connectivity index (χ1) is 7.25. The summed E-state index contributed by atoms with van der Waals surface area (Å²) in [6, 6.07) is 5.25. The molecular formula is C11H10ClNO2. The third kappa shape index (κ3) is 2.58. The minimum absolute atomic E-state index is 0.425. The molecule has 15 heavy (non-hydrogen) atoms. The molecule has 0 aromatic carbocycles. The molecule has 0 aliphatic carbocycles. The molecule has 2 rings (SSSR count). The molecule has 0 aliphatic heterocycles. The zero-order chi connectivity index (χ0) is 10.7. The molecule has 0 bridgehead atoms. The topological polar surface area (TPSA) is 46.3 Å². The highest BCUT2D eigenvalue weighted by Gasteiger charge is 2.09. The van der Waals surface area contributed by atoms with Gasteiger partial charge in [0.05, 0.1) is 18.6 Å². The van der Waals surface area contributed by atoms with E-state index in [1.807, 2.05) is 6.07 Å². The van der Waals surface area contributed by atoms with Crippen LogP contribution in [0.3, 0.4) is 0 Å². The summed E-state index contributed by atoms with van der Waals surface area (Å²) in [6.45, 7) is 0. The van der Waals surface area contributed by atoms with Crippen molar-refractivity contribution in [2.75, 3.05) is 0 Å². The molecule has 0 saturated heterocycles. The normalized spacial score (nSPS) is 12.7. The Morgan fingerprint density at radius 2 is 2.27 bits per heavy atom. The molecule has 0 saturated carbocycles. The Bertz CT molecular complexity index is 411. The zero-order valence-corrected chi connectivity index (χ0v) is 8.69. The van der Waals surface area contributed by atoms with Crippen LogP contribution in [0.2, 0.25) is 5.15 Å². The lowest BCUT2D eigenvalue weighted by Gasteiger charge is -2.08. The second-order valence-electron chi connectivity index (χ2n) is 3.27. The fourth-order valence-electron chi connectivity index (χ4n) is 1.33. The first-order valence-corrected chi connectivity index (χ1v) is 4.94. The van der Waals surface area contributed by atoms with Crippen molar-refractivity contribution in [1.82, 2.24) is 4.98 Å². The largest absolute Gasteiger partial charge is 0.472 e. The van der Waals surface area contributed by atoms with Crippen LogP contribution in [0.1, 0.15) is 17.2 Å². The van der Waals surface area contributed by atoms with Gasteiger partial charge in [-0.25, -0.2) is 4.98 Å². The summed E-state index contributed by atoms with van der Waals surface area (Å²) in [4.78, 5) is 3.91. The van der Waals surface area contributed by atoms with Crippen molar-refractivity contribution in [3.8, 4) is 0 Å². The Morgan fingerprint density at radius 3 is 2.87 bits per heavy atom. The fraction of sp³-hybridized carbons (Fsp3) is 0.182. The Labute approximate surface area is 92.3 Å². The van der Waals surface area contributed by atoms with Crippen LogP contribution in [0, 0.1) is 0 Å². The monoisotopic (exact) mass is 223 g/mol. The fourth-order valence-corrected chi connectivity index (χ4v) is 1.45. The number of halogens is 1. The molecule has 0 aliphatic rings. The molecule has 2 heterocycles. The zero-order valence-electron chi connectivity index (χ0n) is 7.93. The van der Waals surface area contributed by atoms with E-state index >= 15 is 0 Å². The van der Waals surface area contributed by atoms with Gasteiger partial charge < -0.3 is 9.52 Å². The molecule has 1 atom stereocenters. The van der Waals surface area contributed by atoms with E-state index in [4.69, 9.17) is 16.0 Å². The highest BCUT2D eigenvalue weighted by molar-refractivity contribution is 6.29. The molecule has 0 radical (unpaired) electrons. The van der Waals surface area contributed by atoms with Crippen LogP contribution < -0.4 is 0 Å². The number of nitrogens with zero attached hydrogens (tertiary/aromatic N) is 1. The van der Waals surface area contributed by atoms with Gasteiger partial charge in [-0.2, -0.15) is 0 Å². The van der Waals surface area contributed by atoms with Crippen LogP contribution >= 0.6 is 11.6 Å². The smallest absolute Gasteiger partial charge is 0.129 e. The van der Waals surface area contributed by atoms with Gasteiger partial charge in [0.2, 0.25) is 0 Å². The van der Waals surface area contributed by atoms with Crippen LogP contribution in [0.5, 0.6) is 0 Å². The van der Waals surface area contributed by atoms with E-state index in [1.165, 1.54) is 0 Å². The van der Waals surface area contributed by atoms with Crippen molar-refractivity contribution < 1.29 is 9.52 Å². The van der Waals surface area contributed by atoms with Crippen LogP contribution in [-0.2, 0) is 6.42 Å². The molecular weight excluding hydrogens is 214 g/mol. The van der Waals surface area contributed by atoms with E-state index in [-0.39, 0.29) is 0 Å². The number of hydrogen-bond acceptors (Lipinski definition) is 3. The van der Waals surface area contributed by atoms with Crippen LogP contribution in [0.4, 0.5) is 0 Å². The van der Waals surface area contributed by atoms with Gasteiger partial charge in [0.1, 0.15) is 5.15 Å².